The fourth-order valence-electron chi connectivity index (χ4n) is 7.10. The number of hydrogen-bond acceptors (Lipinski definition) is 15. The number of benzene rings is 7. The molecule has 1 heterocycles. The number of nitrogens with zero attached hydrogens (tertiary/aromatic N) is 5. The SMILES string of the molecule is CC(=O)Oc1ccccc1/C=N/N=C/c1ccccc1OC(C)=O.CC(=O)Oc1ccccc1[C@@H]1NN(C(C)=O)[C@H](c2ccccc2O)P1c1ccccc1.Oc1ccccc1/C=N/N=C/c1ccccc1O. The molecule has 73 heavy (non-hydrogen) atoms. The number of carbonyl (C=O) groups excluding carboxylic acids is 4. The zero-order chi connectivity index (χ0) is 52.1. The molecule has 16 nitrogen and oxygen atoms in total. The van der Waals surface area contributed by atoms with Gasteiger partial charge in [-0.25, -0.2) is 5.43 Å². The molecule has 3 atom stereocenters. The van der Waals surface area contributed by atoms with Crippen LogP contribution >= 0.6 is 7.92 Å². The second-order valence-electron chi connectivity index (χ2n) is 15.6. The molecule has 1 saturated heterocycles. The van der Waals surface area contributed by atoms with Crippen LogP contribution in [0.2, 0.25) is 0 Å². The summed E-state index contributed by atoms with van der Waals surface area (Å²) in [5.74, 6) is -0.376. The lowest BCUT2D eigenvalue weighted by molar-refractivity contribution is -0.133. The van der Waals surface area contributed by atoms with Crippen LogP contribution in [0.25, 0.3) is 0 Å². The fourth-order valence-corrected chi connectivity index (χ4v) is 10.2. The normalized spacial score (nSPS) is 15.1. The predicted octanol–water partition coefficient (Wildman–Crippen LogP) is 9.73. The second-order valence-corrected chi connectivity index (χ2v) is 17.9. The third-order valence-electron chi connectivity index (χ3n) is 10.3. The van der Waals surface area contributed by atoms with E-state index in [1.54, 1.807) is 120 Å². The van der Waals surface area contributed by atoms with E-state index < -0.39 is 31.6 Å². The quantitative estimate of drug-likeness (QED) is 0.0297. The molecule has 17 heteroatoms. The molecule has 1 fully saturated rings. The van der Waals surface area contributed by atoms with Crippen molar-refractivity contribution in [3.05, 3.63) is 209 Å². The van der Waals surface area contributed by atoms with Crippen LogP contribution in [0, 0.1) is 0 Å². The van der Waals surface area contributed by atoms with Crippen LogP contribution in [0.15, 0.2) is 196 Å². The Labute approximate surface area is 423 Å². The molecule has 4 N–H and O–H groups in total. The molecule has 8 rings (SSSR count). The van der Waals surface area contributed by atoms with Crippen LogP contribution in [0.1, 0.15) is 72.6 Å². The number of nitrogens with one attached hydrogen (secondary N) is 1. The highest BCUT2D eigenvalue weighted by Crippen LogP contribution is 2.66. The number of phenolic OH excluding ortho intramolecular Hbond substituents is 3. The van der Waals surface area contributed by atoms with Gasteiger partial charge in [0.25, 0.3) is 0 Å². The lowest BCUT2D eigenvalue weighted by Gasteiger charge is -2.28. The van der Waals surface area contributed by atoms with E-state index in [-0.39, 0.29) is 28.9 Å². The van der Waals surface area contributed by atoms with Crippen molar-refractivity contribution >= 4 is 61.9 Å². The van der Waals surface area contributed by atoms with Crippen molar-refractivity contribution in [2.75, 3.05) is 0 Å². The summed E-state index contributed by atoms with van der Waals surface area (Å²) in [6.45, 7) is 5.53. The molecule has 7 aromatic rings. The van der Waals surface area contributed by atoms with Crippen LogP contribution < -0.4 is 24.9 Å². The molecule has 370 valence electrons. The first-order chi connectivity index (χ1) is 35.3. The maximum absolute atomic E-state index is 12.7. The number of para-hydroxylation sites is 6. The first kappa shape index (κ1) is 53.2. The van der Waals surface area contributed by atoms with Crippen molar-refractivity contribution in [3.8, 4) is 34.5 Å². The van der Waals surface area contributed by atoms with Gasteiger partial charge in [-0.2, -0.15) is 20.4 Å². The zero-order valence-corrected chi connectivity index (χ0v) is 41.0. The number of amides is 1. The molecule has 1 amide bonds. The van der Waals surface area contributed by atoms with Crippen LogP contribution in [0.3, 0.4) is 0 Å². The molecule has 1 unspecified atom stereocenters. The molecule has 0 aromatic heterocycles. The van der Waals surface area contributed by atoms with Gasteiger partial charge >= 0.3 is 17.9 Å². The van der Waals surface area contributed by atoms with Crippen molar-refractivity contribution in [3.63, 3.8) is 0 Å². The van der Waals surface area contributed by atoms with E-state index in [0.29, 0.717) is 45.1 Å². The third kappa shape index (κ3) is 15.4. The first-order valence-electron chi connectivity index (χ1n) is 22.5. The lowest BCUT2D eigenvalue weighted by Crippen LogP contribution is -2.37. The molecule has 0 saturated carbocycles. The van der Waals surface area contributed by atoms with Gasteiger partial charge in [-0.05, 0) is 73.9 Å². The van der Waals surface area contributed by atoms with E-state index in [1.165, 1.54) is 52.6 Å². The molecule has 1 aliphatic heterocycles. The summed E-state index contributed by atoms with van der Waals surface area (Å²) < 4.78 is 15.6. The monoisotopic (exact) mass is 998 g/mol. The number of hydrogen-bond donors (Lipinski definition) is 4. The Kier molecular flexibility index (Phi) is 19.5. The summed E-state index contributed by atoms with van der Waals surface area (Å²) in [4.78, 5) is 46.5. The van der Waals surface area contributed by atoms with E-state index in [0.717, 1.165) is 10.9 Å². The highest BCUT2D eigenvalue weighted by molar-refractivity contribution is 7.66. The highest BCUT2D eigenvalue weighted by Gasteiger charge is 2.47. The minimum atomic E-state index is -1.11. The van der Waals surface area contributed by atoms with Gasteiger partial charge in [0.1, 0.15) is 40.3 Å². The molecule has 1 aliphatic rings. The van der Waals surface area contributed by atoms with Gasteiger partial charge in [-0.1, -0.05) is 115 Å². The topological polar surface area (TPSA) is 221 Å². The first-order valence-corrected chi connectivity index (χ1v) is 24.0. The van der Waals surface area contributed by atoms with E-state index in [2.05, 4.69) is 25.8 Å². The van der Waals surface area contributed by atoms with Crippen molar-refractivity contribution in [2.24, 2.45) is 20.4 Å². The maximum Gasteiger partial charge on any atom is 0.308 e. The van der Waals surface area contributed by atoms with Gasteiger partial charge < -0.3 is 29.5 Å². The van der Waals surface area contributed by atoms with E-state index in [4.69, 9.17) is 14.2 Å². The van der Waals surface area contributed by atoms with Gasteiger partial charge in [0.05, 0.1) is 30.6 Å². The average Bonchev–Trinajstić information content (AvgIpc) is 3.77. The molecule has 0 bridgehead atoms. The van der Waals surface area contributed by atoms with Gasteiger partial charge in [0, 0.05) is 61.1 Å². The van der Waals surface area contributed by atoms with Gasteiger partial charge in [-0.3, -0.25) is 24.2 Å². The van der Waals surface area contributed by atoms with Gasteiger partial charge in [0.2, 0.25) is 5.91 Å². The van der Waals surface area contributed by atoms with Crippen LogP contribution in [-0.4, -0.2) is 69.0 Å². The number of esters is 3. The number of phenols is 3. The van der Waals surface area contributed by atoms with Crippen molar-refractivity contribution < 1.29 is 48.7 Å². The summed E-state index contributed by atoms with van der Waals surface area (Å²) in [5, 5.41) is 47.8. The summed E-state index contributed by atoms with van der Waals surface area (Å²) in [5.41, 5.74) is 7.24. The summed E-state index contributed by atoms with van der Waals surface area (Å²) in [7, 11) is -1.11. The Morgan fingerprint density at radius 1 is 0.452 bits per heavy atom. The summed E-state index contributed by atoms with van der Waals surface area (Å²) >= 11 is 0. The number of rotatable bonds is 12. The van der Waals surface area contributed by atoms with Crippen molar-refractivity contribution in [1.29, 1.82) is 0 Å². The summed E-state index contributed by atoms with van der Waals surface area (Å²) in [6, 6.07) is 52.0. The molecular weight excluding hydrogens is 948 g/mol. The number of ether oxygens (including phenoxy) is 3. The largest absolute Gasteiger partial charge is 0.508 e. The molecule has 0 spiro atoms. The van der Waals surface area contributed by atoms with Crippen LogP contribution in [0.4, 0.5) is 0 Å². The minimum absolute atomic E-state index is 0.137. The zero-order valence-electron chi connectivity index (χ0n) is 40.1. The van der Waals surface area contributed by atoms with Gasteiger partial charge in [-0.15, -0.1) is 0 Å². The Balaban J connectivity index is 0.000000186. The van der Waals surface area contributed by atoms with E-state index in [9.17, 15) is 34.5 Å². The lowest BCUT2D eigenvalue weighted by atomic mass is 10.2. The Hall–Kier alpha value is -9.11. The molecule has 7 aromatic carbocycles. The minimum Gasteiger partial charge on any atom is -0.508 e. The van der Waals surface area contributed by atoms with Crippen molar-refractivity contribution in [2.45, 2.75) is 39.3 Å². The number of carbonyl (C=O) groups is 4. The number of aromatic hydroxyl groups is 3. The second kappa shape index (κ2) is 26.8. The van der Waals surface area contributed by atoms with E-state index in [1.807, 2.05) is 60.7 Å². The highest BCUT2D eigenvalue weighted by atomic mass is 31.1. The smallest absolute Gasteiger partial charge is 0.308 e. The molecule has 0 radical (unpaired) electrons. The number of hydrazine groups is 1. The molecule has 0 aliphatic carbocycles. The standard InChI is InChI=1S/C24H23N2O4P.C18H16N2O4.C14H12N2O2/c1-16(27)26-24(19-12-6-8-14-21(19)29)31(18-10-4-3-5-11-18)23(25-26)20-13-7-9-15-22(20)30-17(2)28;1-13(21)23-17-9-5-3-7-15(17)11-19-20-12-16-8-4-6-10-18(16)24-14(2)22;17-13-7-3-1-5-11(13)9-15-16-10-12-6-2-4-8-14(12)18/h3-15,23-25,29H,1-2H3;3-12H,1-2H3;1-10,17-18H/b;19-11+,20-12+;15-9+,16-10+/t23-,24+,31?;;/m1../s1. The summed E-state index contributed by atoms with van der Waals surface area (Å²) in [6.07, 6.45) is 5.85. The Morgan fingerprint density at radius 2 is 0.808 bits per heavy atom. The van der Waals surface area contributed by atoms with Gasteiger partial charge in [0.15, 0.2) is 0 Å². The van der Waals surface area contributed by atoms with Crippen molar-refractivity contribution in [1.82, 2.24) is 10.4 Å². The van der Waals surface area contributed by atoms with Crippen LogP contribution in [0.5, 0.6) is 34.5 Å². The average molecular weight is 999 g/mol. The van der Waals surface area contributed by atoms with E-state index >= 15 is 0 Å². The predicted molar refractivity (Wildman–Crippen MR) is 282 cm³/mol. The third-order valence-corrected chi connectivity index (χ3v) is 13.1. The Bertz CT molecular complexity index is 3030. The Morgan fingerprint density at radius 3 is 1.25 bits per heavy atom. The molecular formula is C56H51N6O10P. The fraction of sp³-hybridized carbons (Fsp3) is 0.107. The maximum atomic E-state index is 12.7. The van der Waals surface area contributed by atoms with Crippen LogP contribution in [-0.2, 0) is 19.2 Å².